The number of hydrogen-bond acceptors (Lipinski definition) is 5. The zero-order valence-corrected chi connectivity index (χ0v) is 15.6. The Morgan fingerprint density at radius 1 is 1.10 bits per heavy atom. The lowest BCUT2D eigenvalue weighted by Crippen LogP contribution is -2.10. The van der Waals surface area contributed by atoms with Gasteiger partial charge in [-0.25, -0.2) is 4.98 Å². The van der Waals surface area contributed by atoms with Gasteiger partial charge >= 0.3 is 0 Å². The largest absolute Gasteiger partial charge is 0.476 e. The van der Waals surface area contributed by atoms with Crippen molar-refractivity contribution in [3.8, 4) is 22.8 Å². The van der Waals surface area contributed by atoms with Crippen molar-refractivity contribution in [2.24, 2.45) is 5.73 Å². The van der Waals surface area contributed by atoms with Crippen LogP contribution in [0.3, 0.4) is 0 Å². The van der Waals surface area contributed by atoms with Crippen LogP contribution in [0.5, 0.6) is 0 Å². The maximum Gasteiger partial charge on any atom is 0.248 e. The van der Waals surface area contributed by atoms with Crippen LogP contribution in [0.25, 0.3) is 28.3 Å². The minimum absolute atomic E-state index is 0.450. The van der Waals surface area contributed by atoms with E-state index in [1.807, 2.05) is 30.3 Å². The van der Waals surface area contributed by atoms with E-state index in [1.165, 1.54) is 0 Å². The number of nitrogens with zero attached hydrogens (tertiary/aromatic N) is 2. The third-order valence-electron chi connectivity index (χ3n) is 5.12. The minimum Gasteiger partial charge on any atom is -0.476 e. The van der Waals surface area contributed by atoms with Crippen LogP contribution in [0.1, 0.15) is 28.9 Å². The van der Waals surface area contributed by atoms with Gasteiger partial charge in [0.05, 0.1) is 22.8 Å². The molecule has 5 rings (SSSR count). The van der Waals surface area contributed by atoms with Crippen LogP contribution in [0, 0.1) is 0 Å². The van der Waals surface area contributed by atoms with Crippen LogP contribution in [-0.2, 0) is 4.74 Å². The summed E-state index contributed by atoms with van der Waals surface area (Å²) in [4.78, 5) is 24.2. The van der Waals surface area contributed by atoms with Crippen molar-refractivity contribution in [3.63, 3.8) is 0 Å². The Morgan fingerprint density at radius 2 is 1.97 bits per heavy atom. The van der Waals surface area contributed by atoms with Crippen LogP contribution < -0.4 is 11.1 Å². The second-order valence-corrected chi connectivity index (χ2v) is 6.94. The molecule has 3 aromatic rings. The summed E-state index contributed by atoms with van der Waals surface area (Å²) in [7, 11) is 0. The van der Waals surface area contributed by atoms with Gasteiger partial charge in [-0.3, -0.25) is 9.78 Å². The van der Waals surface area contributed by atoms with Crippen molar-refractivity contribution in [1.82, 2.24) is 20.3 Å². The molecule has 7 heteroatoms. The number of nitrogens with two attached hydrogens (primary N) is 1. The molecule has 0 unspecified atom stereocenters. The second kappa shape index (κ2) is 6.94. The minimum atomic E-state index is -0.450. The maximum absolute atomic E-state index is 11.4. The van der Waals surface area contributed by atoms with Gasteiger partial charge in [-0.2, -0.15) is 0 Å². The molecular weight excluding hydrogens is 366 g/mol. The highest BCUT2D eigenvalue weighted by atomic mass is 16.5. The Kier molecular flexibility index (Phi) is 4.13. The third kappa shape index (κ3) is 3.16. The lowest BCUT2D eigenvalue weighted by molar-refractivity contribution is 0.100. The number of rotatable bonds is 4. The predicted molar refractivity (Wildman–Crippen MR) is 109 cm³/mol. The van der Waals surface area contributed by atoms with E-state index in [2.05, 4.69) is 21.4 Å². The number of pyridine rings is 1. The molecule has 144 valence electrons. The van der Waals surface area contributed by atoms with Crippen molar-refractivity contribution < 1.29 is 9.53 Å². The summed E-state index contributed by atoms with van der Waals surface area (Å²) >= 11 is 0. The Bertz CT molecular complexity index is 1140. The fourth-order valence-electron chi connectivity index (χ4n) is 3.63. The molecule has 1 aliphatic heterocycles. The van der Waals surface area contributed by atoms with Crippen LogP contribution in [0.15, 0.2) is 66.2 Å². The zero-order chi connectivity index (χ0) is 19.8. The molecule has 7 nitrogen and oxygen atoms in total. The molecule has 0 atom stereocenters. The average molecular weight is 385 g/mol. The first-order chi connectivity index (χ1) is 14.2. The standard InChI is InChI=1S/C22H19N5O2/c23-21(28)13-4-6-14(7-5-13)22-26-19(20(27-22)16-3-1-2-10-24-16)15-8-9-18-17(11-15)25-12-29-18/h1-7,10-11,25H,8-9,12H2,(H2,23,28)(H,26,27). The predicted octanol–water partition coefficient (Wildman–Crippen LogP) is 3.20. The molecule has 0 saturated carbocycles. The van der Waals surface area contributed by atoms with Crippen molar-refractivity contribution in [3.05, 3.63) is 77.5 Å². The lowest BCUT2D eigenvalue weighted by Gasteiger charge is -2.13. The Hall–Kier alpha value is -3.87. The highest BCUT2D eigenvalue weighted by molar-refractivity contribution is 5.93. The fraction of sp³-hybridized carbons (Fsp3) is 0.136. The fourth-order valence-corrected chi connectivity index (χ4v) is 3.63. The Labute approximate surface area is 167 Å². The van der Waals surface area contributed by atoms with Crippen LogP contribution >= 0.6 is 0 Å². The normalized spacial score (nSPS) is 15.4. The highest BCUT2D eigenvalue weighted by Gasteiger charge is 2.24. The number of nitrogens with one attached hydrogen (secondary N) is 2. The molecule has 0 fully saturated rings. The number of carbonyl (C=O) groups is 1. The van der Waals surface area contributed by atoms with Gasteiger partial charge in [-0.1, -0.05) is 18.2 Å². The van der Waals surface area contributed by atoms with Crippen molar-refractivity contribution in [2.45, 2.75) is 12.8 Å². The summed E-state index contributed by atoms with van der Waals surface area (Å²) in [6.45, 7) is 0.513. The molecule has 0 saturated heterocycles. The molecule has 0 radical (unpaired) electrons. The SMILES string of the molecule is NC(=O)c1ccc(-c2nc(C3=CC4=C(CC3)OCN4)c(-c3ccccn3)[nH]2)cc1. The molecule has 1 aliphatic carbocycles. The number of amides is 1. The maximum atomic E-state index is 11.4. The number of H-pyrrole nitrogens is 1. The molecule has 0 bridgehead atoms. The number of aromatic amines is 1. The number of primary amides is 1. The van der Waals surface area contributed by atoms with Gasteiger partial charge in [0.2, 0.25) is 5.91 Å². The first kappa shape index (κ1) is 17.2. The van der Waals surface area contributed by atoms with Gasteiger partial charge in [-0.05, 0) is 42.3 Å². The monoisotopic (exact) mass is 385 g/mol. The number of aromatic nitrogens is 3. The summed E-state index contributed by atoms with van der Waals surface area (Å²) in [6.07, 6.45) is 5.55. The molecule has 2 aromatic heterocycles. The van der Waals surface area contributed by atoms with E-state index in [1.54, 1.807) is 18.3 Å². The third-order valence-corrected chi connectivity index (χ3v) is 5.12. The van der Waals surface area contributed by atoms with Crippen molar-refractivity contribution >= 4 is 11.5 Å². The zero-order valence-electron chi connectivity index (χ0n) is 15.6. The van der Waals surface area contributed by atoms with Gasteiger partial charge in [0.15, 0.2) is 6.73 Å². The molecule has 3 heterocycles. The summed E-state index contributed by atoms with van der Waals surface area (Å²) in [5, 5.41) is 3.26. The van der Waals surface area contributed by atoms with Gasteiger partial charge < -0.3 is 20.8 Å². The van der Waals surface area contributed by atoms with E-state index in [0.717, 1.165) is 52.5 Å². The Balaban J connectivity index is 1.61. The van der Waals surface area contributed by atoms with Gasteiger partial charge in [0.1, 0.15) is 11.6 Å². The summed E-state index contributed by atoms with van der Waals surface area (Å²) in [5.41, 5.74) is 11.4. The number of imidazole rings is 1. The van der Waals surface area contributed by atoms with Gasteiger partial charge in [0.25, 0.3) is 0 Å². The van der Waals surface area contributed by atoms with E-state index in [4.69, 9.17) is 15.5 Å². The van der Waals surface area contributed by atoms with E-state index >= 15 is 0 Å². The van der Waals surface area contributed by atoms with Gasteiger partial charge in [0, 0.05) is 23.7 Å². The smallest absolute Gasteiger partial charge is 0.248 e. The van der Waals surface area contributed by atoms with Crippen molar-refractivity contribution in [2.75, 3.05) is 6.73 Å². The first-order valence-electron chi connectivity index (χ1n) is 9.41. The molecule has 1 aromatic carbocycles. The van der Waals surface area contributed by atoms with Crippen molar-refractivity contribution in [1.29, 1.82) is 0 Å². The topological polar surface area (TPSA) is 106 Å². The highest BCUT2D eigenvalue weighted by Crippen LogP contribution is 2.36. The number of ether oxygens (including phenoxy) is 1. The summed E-state index contributed by atoms with van der Waals surface area (Å²) in [5.74, 6) is 1.27. The molecular formula is C22H19N5O2. The van der Waals surface area contributed by atoms with Crippen LogP contribution in [0.2, 0.25) is 0 Å². The van der Waals surface area contributed by atoms with Gasteiger partial charge in [-0.15, -0.1) is 0 Å². The first-order valence-corrected chi connectivity index (χ1v) is 9.41. The van der Waals surface area contributed by atoms with E-state index < -0.39 is 5.91 Å². The molecule has 2 aliphatic rings. The summed E-state index contributed by atoms with van der Waals surface area (Å²) < 4.78 is 5.61. The molecule has 4 N–H and O–H groups in total. The molecule has 29 heavy (non-hydrogen) atoms. The number of carbonyl (C=O) groups excluding carboxylic acids is 1. The van der Waals surface area contributed by atoms with Crippen LogP contribution in [-0.4, -0.2) is 27.6 Å². The number of hydrogen-bond donors (Lipinski definition) is 3. The van der Waals surface area contributed by atoms with E-state index in [9.17, 15) is 4.79 Å². The van der Waals surface area contributed by atoms with Crippen LogP contribution in [0.4, 0.5) is 0 Å². The lowest BCUT2D eigenvalue weighted by atomic mass is 9.97. The molecule has 1 amide bonds. The second-order valence-electron chi connectivity index (χ2n) is 6.94. The molecule has 0 spiro atoms. The number of benzene rings is 1. The number of allylic oxidation sites excluding steroid dienone is 3. The van der Waals surface area contributed by atoms with E-state index in [0.29, 0.717) is 18.1 Å². The quantitative estimate of drug-likeness (QED) is 0.639. The average Bonchev–Trinajstić information content (AvgIpc) is 3.41. The van der Waals surface area contributed by atoms with E-state index in [-0.39, 0.29) is 0 Å². The Morgan fingerprint density at radius 3 is 2.72 bits per heavy atom. The summed E-state index contributed by atoms with van der Waals surface area (Å²) in [6, 6.07) is 12.9.